The van der Waals surface area contributed by atoms with Crippen LogP contribution in [0, 0.1) is 6.92 Å². The van der Waals surface area contributed by atoms with Crippen molar-refractivity contribution in [2.75, 3.05) is 13.2 Å². The van der Waals surface area contributed by atoms with Crippen LogP contribution in [-0.2, 0) is 23.8 Å². The van der Waals surface area contributed by atoms with Gasteiger partial charge in [0.25, 0.3) is 16.6 Å². The monoisotopic (exact) mass is 343 g/mol. The van der Waals surface area contributed by atoms with Crippen molar-refractivity contribution in [1.29, 1.82) is 0 Å². The van der Waals surface area contributed by atoms with Crippen LogP contribution in [0.5, 0.6) is 0 Å². The highest BCUT2D eigenvalue weighted by molar-refractivity contribution is 7.86. The first kappa shape index (κ1) is 19.6. The van der Waals surface area contributed by atoms with Crippen molar-refractivity contribution in [3.05, 3.63) is 29.8 Å². The molecule has 1 N–H and O–H groups in total. The van der Waals surface area contributed by atoms with E-state index in [1.54, 1.807) is 24.3 Å². The van der Waals surface area contributed by atoms with Gasteiger partial charge in [0.1, 0.15) is 5.60 Å². The summed E-state index contributed by atoms with van der Waals surface area (Å²) in [4.78, 5) is 9.82. The van der Waals surface area contributed by atoms with E-state index < -0.39 is 10.1 Å². The number of rotatable bonds is 5. The highest BCUT2D eigenvalue weighted by Crippen LogP contribution is 2.14. The van der Waals surface area contributed by atoms with Crippen molar-refractivity contribution >= 4 is 16.6 Å². The topological polar surface area (TPSA) is 81.7 Å². The van der Waals surface area contributed by atoms with Crippen molar-refractivity contribution in [1.82, 2.24) is 5.32 Å². The van der Waals surface area contributed by atoms with Crippen molar-refractivity contribution in [2.24, 2.45) is 0 Å². The van der Waals surface area contributed by atoms with E-state index in [-0.39, 0.29) is 23.1 Å². The van der Waals surface area contributed by atoms with Gasteiger partial charge in [0.15, 0.2) is 0 Å². The van der Waals surface area contributed by atoms with Crippen molar-refractivity contribution in [3.63, 3.8) is 0 Å². The molecule has 6 nitrogen and oxygen atoms in total. The second kappa shape index (κ2) is 8.42. The molecule has 0 saturated carbocycles. The third kappa shape index (κ3) is 7.58. The Morgan fingerprint density at radius 3 is 2.17 bits per heavy atom. The number of hydrogen-bond acceptors (Lipinski definition) is 6. The molecule has 0 unspecified atom stereocenters. The molecule has 0 bridgehead atoms. The number of benzene rings is 1. The summed E-state index contributed by atoms with van der Waals surface area (Å²) in [7, 11) is -3.59. The largest absolute Gasteiger partial charge is 0.462 e. The first-order valence-electron chi connectivity index (χ1n) is 7.45. The minimum absolute atomic E-state index is 0.181. The molecule has 0 aromatic heterocycles. The molecule has 0 aliphatic carbocycles. The molecule has 0 radical (unpaired) electrons. The van der Waals surface area contributed by atoms with Crippen LogP contribution in [0.4, 0.5) is 0 Å². The zero-order valence-corrected chi connectivity index (χ0v) is 14.9. The van der Waals surface area contributed by atoms with E-state index in [1.807, 2.05) is 27.7 Å². The third-order valence-electron chi connectivity index (χ3n) is 3.06. The molecule has 130 valence electrons. The molecule has 0 amide bonds. The molecular formula is C16H25NO5S. The predicted molar refractivity (Wildman–Crippen MR) is 87.6 cm³/mol. The van der Waals surface area contributed by atoms with Crippen LogP contribution in [0.15, 0.2) is 29.2 Å². The van der Waals surface area contributed by atoms with Crippen molar-refractivity contribution in [3.8, 4) is 0 Å². The van der Waals surface area contributed by atoms with E-state index in [2.05, 4.69) is 10.1 Å². The van der Waals surface area contributed by atoms with E-state index in [4.69, 9.17) is 4.18 Å². The highest BCUT2D eigenvalue weighted by atomic mass is 32.2. The fourth-order valence-corrected chi connectivity index (χ4v) is 2.53. The van der Waals surface area contributed by atoms with Gasteiger partial charge in [-0.05, 0) is 52.8 Å². The molecule has 1 atom stereocenters. The fraction of sp³-hybridized carbons (Fsp3) is 0.562. The van der Waals surface area contributed by atoms with E-state index in [0.29, 0.717) is 6.47 Å². The Balaban J connectivity index is 0.000000322. The molecule has 23 heavy (non-hydrogen) atoms. The lowest BCUT2D eigenvalue weighted by molar-refractivity contribution is -0.138. The average molecular weight is 343 g/mol. The molecule has 1 aromatic rings. The summed E-state index contributed by atoms with van der Waals surface area (Å²) in [6.07, 6.45) is 0.976. The summed E-state index contributed by atoms with van der Waals surface area (Å²) >= 11 is 0. The molecule has 1 saturated heterocycles. The van der Waals surface area contributed by atoms with Crippen LogP contribution >= 0.6 is 0 Å². The van der Waals surface area contributed by atoms with E-state index in [1.165, 1.54) is 0 Å². The van der Waals surface area contributed by atoms with Gasteiger partial charge in [0, 0.05) is 6.04 Å². The molecule has 1 heterocycles. The van der Waals surface area contributed by atoms with Gasteiger partial charge in [-0.1, -0.05) is 17.7 Å². The van der Waals surface area contributed by atoms with Crippen LogP contribution in [0.2, 0.25) is 0 Å². The number of carbonyl (C=O) groups is 1. The van der Waals surface area contributed by atoms with Gasteiger partial charge in [-0.25, -0.2) is 0 Å². The van der Waals surface area contributed by atoms with E-state index >= 15 is 0 Å². The van der Waals surface area contributed by atoms with Crippen molar-refractivity contribution < 1.29 is 22.1 Å². The lowest BCUT2D eigenvalue weighted by Crippen LogP contribution is -2.46. The molecule has 1 aliphatic rings. The first-order valence-corrected chi connectivity index (χ1v) is 8.86. The number of carbonyl (C=O) groups excluding carboxylic acids is 1. The molecule has 1 aliphatic heterocycles. The zero-order chi connectivity index (χ0) is 17.5. The first-order chi connectivity index (χ1) is 10.6. The Labute approximate surface area is 138 Å². The van der Waals surface area contributed by atoms with Gasteiger partial charge in [-0.2, -0.15) is 8.42 Å². The summed E-state index contributed by atoms with van der Waals surface area (Å²) < 4.78 is 33.0. The molecule has 1 aromatic carbocycles. The lowest BCUT2D eigenvalue weighted by atomic mass is 10.1. The normalized spacial score (nSPS) is 17.5. The minimum Gasteiger partial charge on any atom is -0.462 e. The third-order valence-corrected chi connectivity index (χ3v) is 4.36. The molecule has 0 spiro atoms. The number of hydrogen-bond donors (Lipinski definition) is 1. The molecule has 1 fully saturated rings. The van der Waals surface area contributed by atoms with Crippen molar-refractivity contribution in [2.45, 2.75) is 50.7 Å². The quantitative estimate of drug-likeness (QED) is 0.651. The van der Waals surface area contributed by atoms with Crippen LogP contribution < -0.4 is 5.32 Å². The van der Waals surface area contributed by atoms with Crippen LogP contribution in [0.3, 0.4) is 0 Å². The zero-order valence-electron chi connectivity index (χ0n) is 14.0. The SMILES string of the molecule is CC(C)(C)OC=O.Cc1ccc(S(=O)(=O)OC[C@H]2CCN2)cc1. The summed E-state index contributed by atoms with van der Waals surface area (Å²) in [5.41, 5.74) is 0.710. The van der Waals surface area contributed by atoms with Gasteiger partial charge < -0.3 is 10.1 Å². The fourth-order valence-electron chi connectivity index (χ4n) is 1.58. The summed E-state index contributed by atoms with van der Waals surface area (Å²) in [5.74, 6) is 0. The Morgan fingerprint density at radius 2 is 1.83 bits per heavy atom. The minimum atomic E-state index is -3.59. The predicted octanol–water partition coefficient (Wildman–Crippen LogP) is 2.02. The number of ether oxygens (including phenoxy) is 1. The van der Waals surface area contributed by atoms with Gasteiger partial charge in [0.2, 0.25) is 0 Å². The second-order valence-corrected chi connectivity index (χ2v) is 7.93. The maximum Gasteiger partial charge on any atom is 0.297 e. The summed E-state index contributed by atoms with van der Waals surface area (Å²) in [6.45, 7) is 8.99. The second-order valence-electron chi connectivity index (χ2n) is 6.32. The summed E-state index contributed by atoms with van der Waals surface area (Å²) in [5, 5.41) is 3.09. The Bertz CT molecular complexity index is 586. The van der Waals surface area contributed by atoms with E-state index in [9.17, 15) is 13.2 Å². The Kier molecular flexibility index (Phi) is 7.18. The summed E-state index contributed by atoms with van der Waals surface area (Å²) in [6, 6.07) is 6.84. The Morgan fingerprint density at radius 1 is 1.26 bits per heavy atom. The average Bonchev–Trinajstić information content (AvgIpc) is 2.36. The van der Waals surface area contributed by atoms with Gasteiger partial charge in [-0.15, -0.1) is 0 Å². The standard InChI is InChI=1S/C11H15NO3S.C5H10O2/c1-9-2-4-11(5-3-9)16(13,14)15-8-10-6-7-12-10;1-5(2,3)7-4-6/h2-5,10,12H,6-8H2,1H3;4H,1-3H3/t10-;/m1./s1. The van der Waals surface area contributed by atoms with Crippen LogP contribution in [0.25, 0.3) is 0 Å². The Hall–Kier alpha value is -1.44. The number of aryl methyl sites for hydroxylation is 1. The van der Waals surface area contributed by atoms with Gasteiger partial charge in [0.05, 0.1) is 11.5 Å². The van der Waals surface area contributed by atoms with E-state index in [0.717, 1.165) is 18.5 Å². The van der Waals surface area contributed by atoms with Crippen LogP contribution in [0.1, 0.15) is 32.8 Å². The highest BCUT2D eigenvalue weighted by Gasteiger charge is 2.21. The smallest absolute Gasteiger partial charge is 0.297 e. The maximum atomic E-state index is 11.7. The lowest BCUT2D eigenvalue weighted by Gasteiger charge is -2.26. The molecular weight excluding hydrogens is 318 g/mol. The van der Waals surface area contributed by atoms with Gasteiger partial charge in [-0.3, -0.25) is 8.98 Å². The molecule has 7 heteroatoms. The van der Waals surface area contributed by atoms with Crippen LogP contribution in [-0.4, -0.2) is 39.7 Å². The maximum absolute atomic E-state index is 11.7. The molecule has 2 rings (SSSR count). The van der Waals surface area contributed by atoms with Gasteiger partial charge >= 0.3 is 0 Å². The number of nitrogens with one attached hydrogen (secondary N) is 1.